The lowest BCUT2D eigenvalue weighted by Crippen LogP contribution is -2.44. The molecule has 180 valence electrons. The molecule has 0 N–H and O–H groups in total. The summed E-state index contributed by atoms with van der Waals surface area (Å²) in [4.78, 5) is 9.85. The number of benzene rings is 2. The zero-order valence-corrected chi connectivity index (χ0v) is 23.0. The summed E-state index contributed by atoms with van der Waals surface area (Å²) in [6.07, 6.45) is 0. The zero-order valence-electron chi connectivity index (χ0n) is 22.0. The van der Waals surface area contributed by atoms with Gasteiger partial charge < -0.3 is 9.80 Å². The highest BCUT2D eigenvalue weighted by Crippen LogP contribution is 2.40. The number of hydrogen-bond donors (Lipinski definition) is 0. The molecule has 5 heteroatoms. The van der Waals surface area contributed by atoms with Crippen LogP contribution in [0.3, 0.4) is 0 Å². The van der Waals surface area contributed by atoms with Crippen LogP contribution in [0.2, 0.25) is 16.6 Å². The van der Waals surface area contributed by atoms with Crippen molar-refractivity contribution in [3.63, 3.8) is 0 Å². The van der Waals surface area contributed by atoms with Gasteiger partial charge in [0.15, 0.2) is 5.82 Å². The number of rotatable bonds is 5. The normalized spacial score (nSPS) is 15.4. The van der Waals surface area contributed by atoms with Crippen molar-refractivity contribution in [2.75, 3.05) is 38.1 Å². The molecule has 34 heavy (non-hydrogen) atoms. The molecule has 1 aliphatic rings. The standard InChI is InChI=1S/C29H40N4Si/c1-22(2)34(23(3)4,24(5)6)21-16-29-30-27-10-8-9-11-28(27)33(29)26-14-12-25(13-15-26)32-19-17-31(7)18-20-32/h8-15,22-24H,17-20H2,1-7H3. The van der Waals surface area contributed by atoms with Crippen molar-refractivity contribution < 1.29 is 0 Å². The Morgan fingerprint density at radius 1 is 0.765 bits per heavy atom. The minimum absolute atomic E-state index is 0.598. The van der Waals surface area contributed by atoms with Crippen LogP contribution in [0.1, 0.15) is 47.4 Å². The summed E-state index contributed by atoms with van der Waals surface area (Å²) in [6.45, 7) is 18.5. The predicted octanol–water partition coefficient (Wildman–Crippen LogP) is 6.35. The number of para-hydroxylation sites is 2. The second-order valence-electron chi connectivity index (χ2n) is 10.7. The fraction of sp³-hybridized carbons (Fsp3) is 0.483. The van der Waals surface area contributed by atoms with E-state index in [9.17, 15) is 0 Å². The molecule has 0 amide bonds. The van der Waals surface area contributed by atoms with Crippen LogP contribution in [-0.4, -0.2) is 55.8 Å². The van der Waals surface area contributed by atoms with Crippen LogP contribution in [0, 0.1) is 11.5 Å². The maximum absolute atomic E-state index is 4.99. The van der Waals surface area contributed by atoms with Gasteiger partial charge in [-0.1, -0.05) is 53.7 Å². The van der Waals surface area contributed by atoms with E-state index in [1.807, 2.05) is 0 Å². The highest BCUT2D eigenvalue weighted by atomic mass is 28.3. The molecular weight excluding hydrogens is 432 g/mol. The number of fused-ring (bicyclic) bond motifs is 1. The van der Waals surface area contributed by atoms with Crippen molar-refractivity contribution in [2.45, 2.75) is 58.2 Å². The van der Waals surface area contributed by atoms with E-state index in [0.717, 1.165) is 48.7 Å². The Labute approximate surface area is 207 Å². The van der Waals surface area contributed by atoms with E-state index in [0.29, 0.717) is 16.6 Å². The second-order valence-corrected chi connectivity index (χ2v) is 16.3. The Balaban J connectivity index is 1.77. The highest BCUT2D eigenvalue weighted by Gasteiger charge is 2.41. The molecule has 4 rings (SSSR count). The van der Waals surface area contributed by atoms with Crippen LogP contribution in [0.4, 0.5) is 5.69 Å². The van der Waals surface area contributed by atoms with Gasteiger partial charge in [-0.25, -0.2) is 4.98 Å². The molecule has 1 aliphatic heterocycles. The van der Waals surface area contributed by atoms with Crippen LogP contribution < -0.4 is 4.90 Å². The number of hydrogen-bond acceptors (Lipinski definition) is 3. The summed E-state index contributed by atoms with van der Waals surface area (Å²) < 4.78 is 2.25. The van der Waals surface area contributed by atoms with Crippen LogP contribution >= 0.6 is 0 Å². The van der Waals surface area contributed by atoms with Gasteiger partial charge in [-0.05, 0) is 66.0 Å². The van der Waals surface area contributed by atoms with Gasteiger partial charge in [0.1, 0.15) is 8.07 Å². The molecule has 0 saturated carbocycles. The van der Waals surface area contributed by atoms with Crippen molar-refractivity contribution in [1.29, 1.82) is 0 Å². The lowest BCUT2D eigenvalue weighted by Gasteiger charge is -2.38. The van der Waals surface area contributed by atoms with Gasteiger partial charge in [-0.15, -0.1) is 5.54 Å². The smallest absolute Gasteiger partial charge is 0.190 e. The third-order valence-corrected chi connectivity index (χ3v) is 14.1. The first-order chi connectivity index (χ1) is 16.2. The molecule has 0 unspecified atom stereocenters. The molecule has 0 radical (unpaired) electrons. The Kier molecular flexibility index (Phi) is 7.21. The number of nitrogens with zero attached hydrogens (tertiary/aromatic N) is 4. The minimum atomic E-state index is -1.85. The molecule has 3 aromatic rings. The molecule has 1 aromatic heterocycles. The van der Waals surface area contributed by atoms with E-state index >= 15 is 0 Å². The molecule has 0 spiro atoms. The summed E-state index contributed by atoms with van der Waals surface area (Å²) in [5.74, 6) is 4.47. The third kappa shape index (κ3) is 4.54. The third-order valence-electron chi connectivity index (χ3n) is 7.79. The van der Waals surface area contributed by atoms with Gasteiger partial charge in [0.05, 0.1) is 11.0 Å². The average Bonchev–Trinajstić information content (AvgIpc) is 3.18. The van der Waals surface area contributed by atoms with Gasteiger partial charge in [0.2, 0.25) is 0 Å². The Hall–Kier alpha value is -2.55. The first-order valence-electron chi connectivity index (χ1n) is 12.8. The number of aromatic nitrogens is 2. The van der Waals surface area contributed by atoms with Gasteiger partial charge in [-0.2, -0.15) is 0 Å². The molecule has 2 aromatic carbocycles. The quantitative estimate of drug-likeness (QED) is 0.319. The first kappa shape index (κ1) is 24.6. The number of piperazine rings is 1. The molecule has 1 fully saturated rings. The SMILES string of the molecule is CC(C)[Si](C#Cc1nc2ccccc2n1-c1ccc(N2CCN(C)CC2)cc1)(C(C)C)C(C)C. The summed E-state index contributed by atoms with van der Waals surface area (Å²) in [6, 6.07) is 17.3. The predicted molar refractivity (Wildman–Crippen MR) is 149 cm³/mol. The second kappa shape index (κ2) is 9.97. The maximum Gasteiger partial charge on any atom is 0.190 e. The summed E-state index contributed by atoms with van der Waals surface area (Å²) >= 11 is 0. The van der Waals surface area contributed by atoms with E-state index in [-0.39, 0.29) is 0 Å². The molecular formula is C29H40N4Si. The topological polar surface area (TPSA) is 24.3 Å². The first-order valence-corrected chi connectivity index (χ1v) is 15.0. The monoisotopic (exact) mass is 472 g/mol. The molecule has 0 aliphatic carbocycles. The van der Waals surface area contributed by atoms with Crippen LogP contribution in [-0.2, 0) is 0 Å². The largest absolute Gasteiger partial charge is 0.369 e. The van der Waals surface area contributed by atoms with Crippen molar-refractivity contribution in [2.24, 2.45) is 0 Å². The fourth-order valence-corrected chi connectivity index (χ4v) is 11.0. The van der Waals surface area contributed by atoms with E-state index in [2.05, 4.69) is 123 Å². The molecule has 0 atom stereocenters. The summed E-state index contributed by atoms with van der Waals surface area (Å²) in [5, 5.41) is 0. The highest BCUT2D eigenvalue weighted by molar-refractivity contribution is 6.90. The van der Waals surface area contributed by atoms with Crippen LogP contribution in [0.25, 0.3) is 16.7 Å². The molecule has 0 bridgehead atoms. The zero-order chi connectivity index (χ0) is 24.5. The summed E-state index contributed by atoms with van der Waals surface area (Å²) in [5.41, 5.74) is 10.2. The minimum Gasteiger partial charge on any atom is -0.369 e. The molecule has 1 saturated heterocycles. The van der Waals surface area contributed by atoms with Crippen molar-refractivity contribution in [3.05, 3.63) is 54.4 Å². The lowest BCUT2D eigenvalue weighted by atomic mass is 10.2. The van der Waals surface area contributed by atoms with E-state index in [1.165, 1.54) is 5.69 Å². The fourth-order valence-electron chi connectivity index (χ4n) is 5.85. The Bertz CT molecular complexity index is 1150. The van der Waals surface area contributed by atoms with Gasteiger partial charge in [0, 0.05) is 37.6 Å². The number of likely N-dealkylation sites (N-methyl/N-ethyl adjacent to an activating group) is 1. The maximum atomic E-state index is 4.99. The van der Waals surface area contributed by atoms with Gasteiger partial charge in [0.25, 0.3) is 0 Å². The number of imidazole rings is 1. The number of anilines is 1. The van der Waals surface area contributed by atoms with E-state index in [1.54, 1.807) is 0 Å². The summed E-state index contributed by atoms with van der Waals surface area (Å²) in [7, 11) is 0.352. The van der Waals surface area contributed by atoms with Crippen molar-refractivity contribution in [3.8, 4) is 17.2 Å². The molecule has 4 nitrogen and oxygen atoms in total. The van der Waals surface area contributed by atoms with Crippen LogP contribution in [0.15, 0.2) is 48.5 Å². The van der Waals surface area contributed by atoms with Crippen molar-refractivity contribution in [1.82, 2.24) is 14.5 Å². The van der Waals surface area contributed by atoms with Crippen LogP contribution in [0.5, 0.6) is 0 Å². The lowest BCUT2D eigenvalue weighted by molar-refractivity contribution is 0.313. The van der Waals surface area contributed by atoms with Crippen molar-refractivity contribution >= 4 is 24.8 Å². The average molecular weight is 473 g/mol. The van der Waals surface area contributed by atoms with Gasteiger partial charge >= 0.3 is 0 Å². The Morgan fingerprint density at radius 3 is 1.91 bits per heavy atom. The van der Waals surface area contributed by atoms with Gasteiger partial charge in [-0.3, -0.25) is 4.57 Å². The Morgan fingerprint density at radius 2 is 1.32 bits per heavy atom. The molecule has 2 heterocycles. The van der Waals surface area contributed by atoms with E-state index in [4.69, 9.17) is 4.98 Å². The van der Waals surface area contributed by atoms with E-state index < -0.39 is 8.07 Å².